The quantitative estimate of drug-likeness (QED) is 0.724. The molecule has 0 saturated heterocycles. The lowest BCUT2D eigenvalue weighted by molar-refractivity contribution is -0.144. The molecule has 4 nitrogen and oxygen atoms in total. The molecule has 0 spiro atoms. The van der Waals surface area contributed by atoms with Gasteiger partial charge in [-0.3, -0.25) is 4.79 Å². The van der Waals surface area contributed by atoms with E-state index < -0.39 is 11.6 Å². The minimum absolute atomic E-state index is 0.255. The zero-order valence-electron chi connectivity index (χ0n) is 12.6. The van der Waals surface area contributed by atoms with Crippen LogP contribution in [0.3, 0.4) is 0 Å². The molecule has 0 aliphatic heterocycles. The van der Waals surface area contributed by atoms with Crippen LogP contribution < -0.4 is 5.32 Å². The number of rotatable bonds is 5. The highest BCUT2D eigenvalue weighted by Gasteiger charge is 2.35. The third kappa shape index (κ3) is 4.45. The van der Waals surface area contributed by atoms with Crippen molar-refractivity contribution in [2.75, 3.05) is 13.1 Å². The van der Waals surface area contributed by atoms with Gasteiger partial charge in [0.15, 0.2) is 0 Å². The fourth-order valence-corrected chi connectivity index (χ4v) is 3.62. The van der Waals surface area contributed by atoms with E-state index in [2.05, 4.69) is 12.2 Å². The number of hydrogen-bond acceptors (Lipinski definition) is 3. The van der Waals surface area contributed by atoms with Crippen molar-refractivity contribution in [2.24, 2.45) is 17.8 Å². The van der Waals surface area contributed by atoms with Crippen LogP contribution in [0.15, 0.2) is 0 Å². The van der Waals surface area contributed by atoms with Gasteiger partial charge in [0, 0.05) is 6.54 Å². The first-order valence-electron chi connectivity index (χ1n) is 8.14. The van der Waals surface area contributed by atoms with Crippen LogP contribution >= 0.6 is 0 Å². The van der Waals surface area contributed by atoms with Crippen molar-refractivity contribution < 1.29 is 15.0 Å². The molecule has 0 bridgehead atoms. The summed E-state index contributed by atoms with van der Waals surface area (Å²) in [6, 6.07) is 0. The number of aliphatic hydroxyl groups is 1. The van der Waals surface area contributed by atoms with Gasteiger partial charge in [-0.2, -0.15) is 0 Å². The molecule has 0 unspecified atom stereocenters. The first-order chi connectivity index (χ1) is 9.48. The molecule has 0 heterocycles. The Labute approximate surface area is 122 Å². The summed E-state index contributed by atoms with van der Waals surface area (Å²) < 4.78 is 0. The molecule has 0 atom stereocenters. The Balaban J connectivity index is 1.65. The van der Waals surface area contributed by atoms with E-state index in [0.717, 1.165) is 18.4 Å². The van der Waals surface area contributed by atoms with Crippen LogP contribution in [0, 0.1) is 17.8 Å². The Hall–Kier alpha value is -0.610. The lowest BCUT2D eigenvalue weighted by Gasteiger charge is -2.35. The number of carboxylic acid groups (broad SMARTS) is 1. The molecule has 0 amide bonds. The van der Waals surface area contributed by atoms with Gasteiger partial charge in [0.05, 0.1) is 11.5 Å². The molecule has 0 aromatic heterocycles. The number of aliphatic carboxylic acids is 1. The highest BCUT2D eigenvalue weighted by atomic mass is 16.4. The van der Waals surface area contributed by atoms with Crippen LogP contribution in [0.25, 0.3) is 0 Å². The molecule has 2 rings (SSSR count). The average molecular weight is 283 g/mol. The molecule has 0 radical (unpaired) electrons. The van der Waals surface area contributed by atoms with Gasteiger partial charge >= 0.3 is 5.97 Å². The van der Waals surface area contributed by atoms with Crippen LogP contribution in [-0.4, -0.2) is 34.9 Å². The molecule has 2 aliphatic rings. The Morgan fingerprint density at radius 1 is 1.15 bits per heavy atom. The summed E-state index contributed by atoms with van der Waals surface area (Å²) in [7, 11) is 0. The maximum atomic E-state index is 10.9. The fourth-order valence-electron chi connectivity index (χ4n) is 3.62. The predicted octanol–water partition coefficient (Wildman–Crippen LogP) is 2.41. The topological polar surface area (TPSA) is 69.6 Å². The van der Waals surface area contributed by atoms with Gasteiger partial charge in [-0.1, -0.05) is 19.8 Å². The minimum atomic E-state index is -0.712. The maximum Gasteiger partial charge on any atom is 0.306 e. The zero-order chi connectivity index (χ0) is 14.6. The first-order valence-corrected chi connectivity index (χ1v) is 8.14. The zero-order valence-corrected chi connectivity index (χ0v) is 12.6. The Bertz CT molecular complexity index is 316. The number of hydrogen-bond donors (Lipinski definition) is 3. The van der Waals surface area contributed by atoms with Crippen LogP contribution in [0.1, 0.15) is 58.3 Å². The molecule has 2 fully saturated rings. The molecule has 2 aliphatic carbocycles. The lowest BCUT2D eigenvalue weighted by Crippen LogP contribution is -2.45. The first kappa shape index (κ1) is 15.8. The fraction of sp³-hybridized carbons (Fsp3) is 0.938. The third-order valence-corrected chi connectivity index (χ3v) is 5.29. The van der Waals surface area contributed by atoms with Crippen LogP contribution in [0.2, 0.25) is 0 Å². The average Bonchev–Trinajstić information content (AvgIpc) is 2.41. The van der Waals surface area contributed by atoms with Crippen molar-refractivity contribution in [1.82, 2.24) is 5.32 Å². The van der Waals surface area contributed by atoms with Crippen LogP contribution in [0.4, 0.5) is 0 Å². The van der Waals surface area contributed by atoms with Crippen molar-refractivity contribution in [1.29, 1.82) is 0 Å². The smallest absolute Gasteiger partial charge is 0.306 e. The predicted molar refractivity (Wildman–Crippen MR) is 78.5 cm³/mol. The van der Waals surface area contributed by atoms with Crippen molar-refractivity contribution >= 4 is 5.97 Å². The number of nitrogens with one attached hydrogen (secondary N) is 1. The lowest BCUT2D eigenvalue weighted by atomic mass is 9.78. The highest BCUT2D eigenvalue weighted by Crippen LogP contribution is 2.32. The molecular weight excluding hydrogens is 254 g/mol. The summed E-state index contributed by atoms with van der Waals surface area (Å²) in [6.07, 6.45) is 7.69. The standard InChI is InChI=1S/C16H29NO3/c1-12-2-4-13(5-3-12)10-17-11-16(20)8-6-14(7-9-16)15(18)19/h12-14,17,20H,2-11H2,1H3,(H,18,19). The van der Waals surface area contributed by atoms with Gasteiger partial charge in [-0.05, 0) is 56.9 Å². The summed E-state index contributed by atoms with van der Waals surface area (Å²) in [5.74, 6) is 0.665. The van der Waals surface area contributed by atoms with E-state index >= 15 is 0 Å². The number of carboxylic acids is 1. The molecule has 3 N–H and O–H groups in total. The van der Waals surface area contributed by atoms with Crippen LogP contribution in [0.5, 0.6) is 0 Å². The third-order valence-electron chi connectivity index (χ3n) is 5.29. The molecule has 0 aromatic rings. The van der Waals surface area contributed by atoms with E-state index in [-0.39, 0.29) is 5.92 Å². The Kier molecular flexibility index (Phi) is 5.44. The molecular formula is C16H29NO3. The molecule has 4 heteroatoms. The van der Waals surface area contributed by atoms with Crippen molar-refractivity contribution in [3.05, 3.63) is 0 Å². The van der Waals surface area contributed by atoms with Gasteiger partial charge in [-0.15, -0.1) is 0 Å². The van der Waals surface area contributed by atoms with E-state index in [0.29, 0.717) is 32.2 Å². The van der Waals surface area contributed by atoms with E-state index in [1.807, 2.05) is 0 Å². The van der Waals surface area contributed by atoms with E-state index in [9.17, 15) is 9.90 Å². The Morgan fingerprint density at radius 3 is 2.30 bits per heavy atom. The van der Waals surface area contributed by atoms with Crippen molar-refractivity contribution in [2.45, 2.75) is 63.9 Å². The molecule has 116 valence electrons. The summed E-state index contributed by atoms with van der Waals surface area (Å²) in [5, 5.41) is 22.9. The van der Waals surface area contributed by atoms with Gasteiger partial charge in [0.1, 0.15) is 0 Å². The van der Waals surface area contributed by atoms with Gasteiger partial charge in [0.2, 0.25) is 0 Å². The maximum absolute atomic E-state index is 10.9. The Morgan fingerprint density at radius 2 is 1.75 bits per heavy atom. The normalized spacial score (nSPS) is 38.6. The minimum Gasteiger partial charge on any atom is -0.481 e. The van der Waals surface area contributed by atoms with Crippen molar-refractivity contribution in [3.8, 4) is 0 Å². The van der Waals surface area contributed by atoms with E-state index in [1.165, 1.54) is 25.7 Å². The second-order valence-electron chi connectivity index (χ2n) is 7.09. The second kappa shape index (κ2) is 6.90. The monoisotopic (exact) mass is 283 g/mol. The highest BCUT2D eigenvalue weighted by molar-refractivity contribution is 5.70. The largest absolute Gasteiger partial charge is 0.481 e. The molecule has 20 heavy (non-hydrogen) atoms. The summed E-state index contributed by atoms with van der Waals surface area (Å²) in [6.45, 7) is 3.94. The number of carbonyl (C=O) groups is 1. The molecule has 0 aromatic carbocycles. The van der Waals surface area contributed by atoms with E-state index in [4.69, 9.17) is 5.11 Å². The van der Waals surface area contributed by atoms with Gasteiger partial charge in [-0.25, -0.2) is 0 Å². The van der Waals surface area contributed by atoms with Crippen LogP contribution in [-0.2, 0) is 4.79 Å². The SMILES string of the molecule is CC1CCC(CNCC2(O)CCC(C(=O)O)CC2)CC1. The van der Waals surface area contributed by atoms with Crippen molar-refractivity contribution in [3.63, 3.8) is 0 Å². The van der Waals surface area contributed by atoms with Gasteiger partial charge < -0.3 is 15.5 Å². The summed E-state index contributed by atoms with van der Waals surface area (Å²) in [5.41, 5.74) is -0.687. The summed E-state index contributed by atoms with van der Waals surface area (Å²) in [4.78, 5) is 10.9. The second-order valence-corrected chi connectivity index (χ2v) is 7.09. The summed E-state index contributed by atoms with van der Waals surface area (Å²) >= 11 is 0. The molecule has 2 saturated carbocycles. The van der Waals surface area contributed by atoms with E-state index in [1.54, 1.807) is 0 Å². The van der Waals surface area contributed by atoms with Gasteiger partial charge in [0.25, 0.3) is 0 Å².